The molecule has 2 N–H and O–H groups in total. The highest BCUT2D eigenvalue weighted by molar-refractivity contribution is 5.96. The summed E-state index contributed by atoms with van der Waals surface area (Å²) in [6.07, 6.45) is 2.37. The molecular formula is C10H15NO. The molecule has 1 rings (SSSR count). The van der Waals surface area contributed by atoms with Crippen LogP contribution in [-0.2, 0) is 4.79 Å². The minimum atomic E-state index is -0.0276. The molecule has 0 aromatic rings. The molecule has 2 unspecified atom stereocenters. The Morgan fingerprint density at radius 1 is 1.75 bits per heavy atom. The molecule has 0 bridgehead atoms. The van der Waals surface area contributed by atoms with Crippen molar-refractivity contribution in [1.29, 1.82) is 0 Å². The van der Waals surface area contributed by atoms with E-state index in [0.29, 0.717) is 6.42 Å². The first-order valence-corrected chi connectivity index (χ1v) is 4.15. The normalized spacial score (nSPS) is 29.9. The maximum absolute atomic E-state index is 11.3. The van der Waals surface area contributed by atoms with Crippen molar-refractivity contribution in [3.05, 3.63) is 23.8 Å². The molecule has 66 valence electrons. The van der Waals surface area contributed by atoms with Gasteiger partial charge in [0.25, 0.3) is 0 Å². The molecule has 0 saturated heterocycles. The standard InChI is InChI=1S/C10H15NO/c1-6(2)8-5-10(12)7(3)4-9(8)11/h4,8-9H,1,5,11H2,2-3H3. The molecule has 0 aromatic heterocycles. The molecule has 2 heteroatoms. The molecule has 1 aliphatic carbocycles. The number of allylic oxidation sites excluding steroid dienone is 1. The highest BCUT2D eigenvalue weighted by atomic mass is 16.1. The molecule has 1 aliphatic rings. The van der Waals surface area contributed by atoms with E-state index in [0.717, 1.165) is 11.1 Å². The van der Waals surface area contributed by atoms with Gasteiger partial charge in [0.15, 0.2) is 5.78 Å². The van der Waals surface area contributed by atoms with E-state index >= 15 is 0 Å². The van der Waals surface area contributed by atoms with Crippen LogP contribution in [0.15, 0.2) is 23.8 Å². The van der Waals surface area contributed by atoms with Gasteiger partial charge in [-0.2, -0.15) is 0 Å². The summed E-state index contributed by atoms with van der Waals surface area (Å²) in [5, 5.41) is 0. The Kier molecular flexibility index (Phi) is 2.48. The minimum absolute atomic E-state index is 0.0276. The predicted octanol–water partition coefficient (Wildman–Crippen LogP) is 1.43. The largest absolute Gasteiger partial charge is 0.324 e. The third-order valence-electron chi connectivity index (χ3n) is 2.39. The van der Waals surface area contributed by atoms with Crippen LogP contribution in [0.1, 0.15) is 20.3 Å². The molecule has 2 nitrogen and oxygen atoms in total. The van der Waals surface area contributed by atoms with E-state index in [2.05, 4.69) is 6.58 Å². The molecule has 0 aromatic carbocycles. The van der Waals surface area contributed by atoms with Crippen LogP contribution < -0.4 is 5.73 Å². The monoisotopic (exact) mass is 165 g/mol. The van der Waals surface area contributed by atoms with Gasteiger partial charge in [0, 0.05) is 18.4 Å². The van der Waals surface area contributed by atoms with Gasteiger partial charge in [-0.05, 0) is 19.4 Å². The van der Waals surface area contributed by atoms with Crippen molar-refractivity contribution in [3.63, 3.8) is 0 Å². The van der Waals surface area contributed by atoms with Crippen molar-refractivity contribution in [1.82, 2.24) is 0 Å². The maximum atomic E-state index is 11.3. The summed E-state index contributed by atoms with van der Waals surface area (Å²) >= 11 is 0. The first kappa shape index (κ1) is 9.20. The predicted molar refractivity (Wildman–Crippen MR) is 49.7 cm³/mol. The summed E-state index contributed by atoms with van der Waals surface area (Å²) in [5.41, 5.74) is 7.63. The molecule has 0 aliphatic heterocycles. The van der Waals surface area contributed by atoms with Crippen LogP contribution in [0.5, 0.6) is 0 Å². The molecule has 0 amide bonds. The molecule has 2 atom stereocenters. The van der Waals surface area contributed by atoms with E-state index in [4.69, 9.17) is 5.73 Å². The van der Waals surface area contributed by atoms with Crippen LogP contribution in [-0.4, -0.2) is 11.8 Å². The van der Waals surface area contributed by atoms with Crippen LogP contribution in [0, 0.1) is 5.92 Å². The smallest absolute Gasteiger partial charge is 0.158 e. The van der Waals surface area contributed by atoms with E-state index in [9.17, 15) is 4.79 Å². The van der Waals surface area contributed by atoms with Crippen molar-refractivity contribution in [3.8, 4) is 0 Å². The van der Waals surface area contributed by atoms with Gasteiger partial charge in [0.05, 0.1) is 0 Å². The maximum Gasteiger partial charge on any atom is 0.158 e. The summed E-state index contributed by atoms with van der Waals surface area (Å²) in [6, 6.07) is -0.0276. The van der Waals surface area contributed by atoms with E-state index in [-0.39, 0.29) is 17.7 Å². The van der Waals surface area contributed by atoms with Crippen LogP contribution in [0.4, 0.5) is 0 Å². The number of ketones is 1. The van der Waals surface area contributed by atoms with Gasteiger partial charge in [0.2, 0.25) is 0 Å². The van der Waals surface area contributed by atoms with E-state index < -0.39 is 0 Å². The van der Waals surface area contributed by atoms with Gasteiger partial charge in [-0.15, -0.1) is 0 Å². The fourth-order valence-electron chi connectivity index (χ4n) is 1.50. The lowest BCUT2D eigenvalue weighted by atomic mass is 9.82. The van der Waals surface area contributed by atoms with Gasteiger partial charge in [0.1, 0.15) is 0 Å². The quantitative estimate of drug-likeness (QED) is 0.597. The van der Waals surface area contributed by atoms with Crippen molar-refractivity contribution in [2.24, 2.45) is 11.7 Å². The topological polar surface area (TPSA) is 43.1 Å². The van der Waals surface area contributed by atoms with Crippen molar-refractivity contribution in [2.45, 2.75) is 26.3 Å². The first-order chi connectivity index (χ1) is 5.52. The zero-order chi connectivity index (χ0) is 9.30. The lowest BCUT2D eigenvalue weighted by Gasteiger charge is -2.25. The fraction of sp³-hybridized carbons (Fsp3) is 0.500. The highest BCUT2D eigenvalue weighted by Crippen LogP contribution is 2.24. The Labute approximate surface area is 73.1 Å². The molecular weight excluding hydrogens is 150 g/mol. The number of hydrogen-bond donors (Lipinski definition) is 1. The summed E-state index contributed by atoms with van der Waals surface area (Å²) < 4.78 is 0. The Bertz CT molecular complexity index is 253. The van der Waals surface area contributed by atoms with E-state index in [1.807, 2.05) is 19.9 Å². The van der Waals surface area contributed by atoms with Gasteiger partial charge in [-0.1, -0.05) is 18.2 Å². The lowest BCUT2D eigenvalue weighted by Crippen LogP contribution is -2.34. The van der Waals surface area contributed by atoms with Crippen molar-refractivity contribution in [2.75, 3.05) is 0 Å². The Hall–Kier alpha value is -0.890. The second-order valence-corrected chi connectivity index (χ2v) is 3.51. The van der Waals surface area contributed by atoms with Crippen molar-refractivity contribution >= 4 is 5.78 Å². The van der Waals surface area contributed by atoms with Crippen LogP contribution >= 0.6 is 0 Å². The van der Waals surface area contributed by atoms with E-state index in [1.165, 1.54) is 0 Å². The zero-order valence-electron chi connectivity index (χ0n) is 7.63. The summed E-state index contributed by atoms with van der Waals surface area (Å²) in [7, 11) is 0. The van der Waals surface area contributed by atoms with Gasteiger partial charge in [-0.3, -0.25) is 4.79 Å². The number of hydrogen-bond acceptors (Lipinski definition) is 2. The van der Waals surface area contributed by atoms with Crippen LogP contribution in [0.25, 0.3) is 0 Å². The zero-order valence-corrected chi connectivity index (χ0v) is 7.63. The van der Waals surface area contributed by atoms with E-state index in [1.54, 1.807) is 0 Å². The second-order valence-electron chi connectivity index (χ2n) is 3.51. The summed E-state index contributed by atoms with van der Waals surface area (Å²) in [6.45, 7) is 7.57. The van der Waals surface area contributed by atoms with Crippen LogP contribution in [0.2, 0.25) is 0 Å². The number of rotatable bonds is 1. The minimum Gasteiger partial charge on any atom is -0.324 e. The third kappa shape index (κ3) is 1.64. The Morgan fingerprint density at radius 3 is 2.83 bits per heavy atom. The molecule has 0 heterocycles. The molecule has 0 saturated carbocycles. The third-order valence-corrected chi connectivity index (χ3v) is 2.39. The molecule has 12 heavy (non-hydrogen) atoms. The number of carbonyl (C=O) groups excluding carboxylic acids is 1. The number of carbonyl (C=O) groups is 1. The summed E-state index contributed by atoms with van der Waals surface area (Å²) in [5.74, 6) is 0.339. The number of Topliss-reactive ketones (excluding diaryl/α,β-unsaturated/α-hetero) is 1. The summed E-state index contributed by atoms with van der Waals surface area (Å²) in [4.78, 5) is 11.3. The van der Waals surface area contributed by atoms with Crippen molar-refractivity contribution < 1.29 is 4.79 Å². The SMILES string of the molecule is C=C(C)C1CC(=O)C(C)=CC1N. The molecule has 0 fully saturated rings. The first-order valence-electron chi connectivity index (χ1n) is 4.15. The lowest BCUT2D eigenvalue weighted by molar-refractivity contribution is -0.116. The Morgan fingerprint density at radius 2 is 2.33 bits per heavy atom. The average Bonchev–Trinajstić information content (AvgIpc) is 1.96. The average molecular weight is 165 g/mol. The van der Waals surface area contributed by atoms with Gasteiger partial charge >= 0.3 is 0 Å². The van der Waals surface area contributed by atoms with Gasteiger partial charge in [-0.25, -0.2) is 0 Å². The molecule has 0 radical (unpaired) electrons. The Balaban J connectivity index is 2.86. The molecule has 0 spiro atoms. The van der Waals surface area contributed by atoms with Crippen LogP contribution in [0.3, 0.4) is 0 Å². The van der Waals surface area contributed by atoms with Gasteiger partial charge < -0.3 is 5.73 Å². The fourth-order valence-corrected chi connectivity index (χ4v) is 1.50. The second kappa shape index (κ2) is 3.23. The number of nitrogens with two attached hydrogens (primary N) is 1. The highest BCUT2D eigenvalue weighted by Gasteiger charge is 2.25.